The van der Waals surface area contributed by atoms with E-state index in [0.29, 0.717) is 19.1 Å². The lowest BCUT2D eigenvalue weighted by Crippen LogP contribution is -2.36. The van der Waals surface area contributed by atoms with Gasteiger partial charge in [0.25, 0.3) is 0 Å². The van der Waals surface area contributed by atoms with E-state index in [4.69, 9.17) is 17.3 Å². The van der Waals surface area contributed by atoms with Crippen LogP contribution in [0.25, 0.3) is 0 Å². The number of halogens is 1. The van der Waals surface area contributed by atoms with Gasteiger partial charge in [0.05, 0.1) is 6.61 Å². The van der Waals surface area contributed by atoms with Crippen molar-refractivity contribution < 1.29 is 5.11 Å². The van der Waals surface area contributed by atoms with Crippen LogP contribution < -0.4 is 10.6 Å². The molecular weight excluding hydrogens is 248 g/mol. The number of anilines is 1. The molecule has 1 fully saturated rings. The monoisotopic (exact) mass is 268 g/mol. The first-order valence-corrected chi connectivity index (χ1v) is 7.00. The quantitative estimate of drug-likeness (QED) is 0.863. The number of nitrogens with two attached hydrogens (primary N) is 1. The van der Waals surface area contributed by atoms with Gasteiger partial charge in [-0.25, -0.2) is 0 Å². The van der Waals surface area contributed by atoms with Crippen LogP contribution in [0, 0.1) is 0 Å². The molecule has 4 heteroatoms. The van der Waals surface area contributed by atoms with Crippen LogP contribution in [0.1, 0.15) is 31.2 Å². The minimum Gasteiger partial charge on any atom is -0.395 e. The number of aliphatic hydroxyl groups is 1. The standard InChI is InChI=1S/C14H21ClN2O/c15-12-6-5-11(10-16)14(9-12)17(7-8-18)13-3-1-2-4-13/h5-6,9,13,18H,1-4,7-8,10,16H2. The zero-order chi connectivity index (χ0) is 13.0. The number of hydrogen-bond donors (Lipinski definition) is 2. The Kier molecular flexibility index (Phi) is 4.87. The molecule has 100 valence electrons. The summed E-state index contributed by atoms with van der Waals surface area (Å²) in [7, 11) is 0. The third-order valence-electron chi connectivity index (χ3n) is 3.68. The summed E-state index contributed by atoms with van der Waals surface area (Å²) in [4.78, 5) is 2.28. The highest BCUT2D eigenvalue weighted by atomic mass is 35.5. The third-order valence-corrected chi connectivity index (χ3v) is 3.92. The zero-order valence-corrected chi connectivity index (χ0v) is 11.4. The Bertz CT molecular complexity index is 391. The van der Waals surface area contributed by atoms with E-state index in [1.165, 1.54) is 25.7 Å². The Morgan fingerprint density at radius 3 is 2.67 bits per heavy atom. The average Bonchev–Trinajstić information content (AvgIpc) is 2.89. The molecule has 0 saturated heterocycles. The lowest BCUT2D eigenvalue weighted by Gasteiger charge is -2.32. The van der Waals surface area contributed by atoms with Gasteiger partial charge in [-0.2, -0.15) is 0 Å². The van der Waals surface area contributed by atoms with Crippen molar-refractivity contribution in [3.8, 4) is 0 Å². The van der Waals surface area contributed by atoms with Gasteiger partial charge >= 0.3 is 0 Å². The van der Waals surface area contributed by atoms with Gasteiger partial charge in [0, 0.05) is 29.8 Å². The summed E-state index contributed by atoms with van der Waals surface area (Å²) in [5.74, 6) is 0. The van der Waals surface area contributed by atoms with E-state index in [9.17, 15) is 5.11 Å². The largest absolute Gasteiger partial charge is 0.395 e. The van der Waals surface area contributed by atoms with Crippen LogP contribution >= 0.6 is 11.6 Å². The molecule has 0 unspecified atom stereocenters. The van der Waals surface area contributed by atoms with Gasteiger partial charge in [-0.1, -0.05) is 30.5 Å². The molecule has 1 aliphatic carbocycles. The van der Waals surface area contributed by atoms with E-state index >= 15 is 0 Å². The van der Waals surface area contributed by atoms with Crippen molar-refractivity contribution in [3.63, 3.8) is 0 Å². The van der Waals surface area contributed by atoms with Crippen LogP contribution in [0.15, 0.2) is 18.2 Å². The summed E-state index contributed by atoms with van der Waals surface area (Å²) in [6.07, 6.45) is 4.92. The molecule has 0 atom stereocenters. The first-order valence-electron chi connectivity index (χ1n) is 6.62. The summed E-state index contributed by atoms with van der Waals surface area (Å²) in [5, 5.41) is 10.0. The highest BCUT2D eigenvalue weighted by Gasteiger charge is 2.24. The first-order chi connectivity index (χ1) is 8.76. The second-order valence-corrected chi connectivity index (χ2v) is 5.27. The summed E-state index contributed by atoms with van der Waals surface area (Å²) in [6.45, 7) is 1.31. The molecule has 0 bridgehead atoms. The molecule has 1 aliphatic rings. The SMILES string of the molecule is NCc1ccc(Cl)cc1N(CCO)C1CCCC1. The second kappa shape index (κ2) is 6.41. The van der Waals surface area contributed by atoms with Gasteiger partial charge in [0.1, 0.15) is 0 Å². The zero-order valence-electron chi connectivity index (χ0n) is 10.6. The number of aliphatic hydroxyl groups excluding tert-OH is 1. The molecule has 2 rings (SSSR count). The summed E-state index contributed by atoms with van der Waals surface area (Å²) in [5.41, 5.74) is 7.99. The van der Waals surface area contributed by atoms with E-state index in [0.717, 1.165) is 16.3 Å². The molecule has 1 aromatic carbocycles. The maximum atomic E-state index is 9.29. The number of nitrogens with zero attached hydrogens (tertiary/aromatic N) is 1. The lowest BCUT2D eigenvalue weighted by molar-refractivity contribution is 0.297. The van der Waals surface area contributed by atoms with Crippen LogP contribution in [-0.2, 0) is 6.54 Å². The Morgan fingerprint density at radius 2 is 2.06 bits per heavy atom. The molecule has 3 N–H and O–H groups in total. The Labute approximate surface area is 114 Å². The Hall–Kier alpha value is -0.770. The summed E-state index contributed by atoms with van der Waals surface area (Å²) < 4.78 is 0. The molecule has 3 nitrogen and oxygen atoms in total. The molecule has 0 aliphatic heterocycles. The maximum Gasteiger partial charge on any atom is 0.0606 e. The van der Waals surface area contributed by atoms with Crippen LogP contribution in [0.4, 0.5) is 5.69 Å². The molecule has 0 spiro atoms. The lowest BCUT2D eigenvalue weighted by atomic mass is 10.1. The number of benzene rings is 1. The van der Waals surface area contributed by atoms with Crippen molar-refractivity contribution in [2.45, 2.75) is 38.3 Å². The van der Waals surface area contributed by atoms with Gasteiger partial charge in [-0.05, 0) is 30.5 Å². The average molecular weight is 269 g/mol. The van der Waals surface area contributed by atoms with Crippen molar-refractivity contribution in [1.82, 2.24) is 0 Å². The normalized spacial score (nSPS) is 16.2. The Balaban J connectivity index is 2.31. The van der Waals surface area contributed by atoms with Crippen molar-refractivity contribution in [3.05, 3.63) is 28.8 Å². The molecule has 0 radical (unpaired) electrons. The molecule has 18 heavy (non-hydrogen) atoms. The summed E-state index contributed by atoms with van der Waals surface area (Å²) in [6, 6.07) is 6.34. The van der Waals surface area contributed by atoms with Crippen LogP contribution in [0.3, 0.4) is 0 Å². The number of hydrogen-bond acceptors (Lipinski definition) is 3. The minimum atomic E-state index is 0.160. The molecule has 0 amide bonds. The topological polar surface area (TPSA) is 49.5 Å². The fourth-order valence-electron chi connectivity index (χ4n) is 2.80. The fraction of sp³-hybridized carbons (Fsp3) is 0.571. The van der Waals surface area contributed by atoms with Crippen LogP contribution in [-0.4, -0.2) is 24.3 Å². The van der Waals surface area contributed by atoms with Crippen molar-refractivity contribution in [2.24, 2.45) is 5.73 Å². The maximum absolute atomic E-state index is 9.29. The highest BCUT2D eigenvalue weighted by Crippen LogP contribution is 2.32. The third kappa shape index (κ3) is 2.97. The smallest absolute Gasteiger partial charge is 0.0606 e. The highest BCUT2D eigenvalue weighted by molar-refractivity contribution is 6.30. The van der Waals surface area contributed by atoms with E-state index in [1.54, 1.807) is 0 Å². The van der Waals surface area contributed by atoms with E-state index in [-0.39, 0.29) is 6.61 Å². The van der Waals surface area contributed by atoms with Gasteiger partial charge in [0.2, 0.25) is 0 Å². The second-order valence-electron chi connectivity index (χ2n) is 4.83. The molecule has 1 aromatic rings. The first kappa shape index (κ1) is 13.7. The minimum absolute atomic E-state index is 0.160. The fourth-order valence-corrected chi connectivity index (χ4v) is 2.97. The summed E-state index contributed by atoms with van der Waals surface area (Å²) >= 11 is 6.09. The van der Waals surface area contributed by atoms with Gasteiger partial charge in [-0.15, -0.1) is 0 Å². The van der Waals surface area contributed by atoms with Crippen molar-refractivity contribution >= 4 is 17.3 Å². The molecule has 1 saturated carbocycles. The van der Waals surface area contributed by atoms with Gasteiger partial charge < -0.3 is 15.7 Å². The van der Waals surface area contributed by atoms with Gasteiger partial charge in [0.15, 0.2) is 0 Å². The van der Waals surface area contributed by atoms with Crippen molar-refractivity contribution in [2.75, 3.05) is 18.1 Å². The number of rotatable bonds is 5. The predicted molar refractivity (Wildman–Crippen MR) is 76.0 cm³/mol. The van der Waals surface area contributed by atoms with Crippen LogP contribution in [0.2, 0.25) is 5.02 Å². The van der Waals surface area contributed by atoms with Crippen LogP contribution in [0.5, 0.6) is 0 Å². The molecular formula is C14H21ClN2O. The van der Waals surface area contributed by atoms with E-state index < -0.39 is 0 Å². The van der Waals surface area contributed by atoms with E-state index in [1.807, 2.05) is 18.2 Å². The predicted octanol–water partition coefficient (Wildman–Crippen LogP) is 2.54. The molecule has 0 heterocycles. The van der Waals surface area contributed by atoms with E-state index in [2.05, 4.69) is 4.90 Å². The molecule has 0 aromatic heterocycles. The van der Waals surface area contributed by atoms with Crippen molar-refractivity contribution in [1.29, 1.82) is 0 Å². The van der Waals surface area contributed by atoms with Gasteiger partial charge in [-0.3, -0.25) is 0 Å². The Morgan fingerprint density at radius 1 is 1.33 bits per heavy atom.